The van der Waals surface area contributed by atoms with E-state index in [0.29, 0.717) is 17.2 Å². The van der Waals surface area contributed by atoms with Gasteiger partial charge < -0.3 is 31.2 Å². The van der Waals surface area contributed by atoms with Crippen molar-refractivity contribution in [2.75, 3.05) is 21.3 Å². The third kappa shape index (κ3) is 4.68. The molecular formula is C28H26BrO3P. The molecule has 1 unspecified atom stereocenters. The van der Waals surface area contributed by atoms with Gasteiger partial charge in [0.05, 0.1) is 30.2 Å². The Kier molecular flexibility index (Phi) is 8.32. The lowest BCUT2D eigenvalue weighted by Gasteiger charge is -2.24. The van der Waals surface area contributed by atoms with E-state index in [-0.39, 0.29) is 17.0 Å². The second kappa shape index (κ2) is 11.2. The first-order chi connectivity index (χ1) is 15.7. The minimum Gasteiger partial charge on any atom is -1.00 e. The summed E-state index contributed by atoms with van der Waals surface area (Å²) < 4.78 is 17.8. The maximum Gasteiger partial charge on any atom is 0.204 e. The van der Waals surface area contributed by atoms with Gasteiger partial charge in [-0.2, -0.15) is 0 Å². The number of benzene rings is 4. The highest BCUT2D eigenvalue weighted by Crippen LogP contribution is 2.53. The second-order valence-corrected chi connectivity index (χ2v) is 7.81. The highest BCUT2D eigenvalue weighted by atomic mass is 79.9. The number of methoxy groups -OCH3 is 3. The van der Waals surface area contributed by atoms with Gasteiger partial charge in [0.15, 0.2) is 16.8 Å². The van der Waals surface area contributed by atoms with Crippen LogP contribution in [0.2, 0.25) is 0 Å². The van der Waals surface area contributed by atoms with Crippen molar-refractivity contribution < 1.29 is 31.2 Å². The Morgan fingerprint density at radius 3 is 1.27 bits per heavy atom. The topological polar surface area (TPSA) is 27.7 Å². The molecule has 4 aromatic carbocycles. The smallest absolute Gasteiger partial charge is 0.204 e. The zero-order valence-electron chi connectivity index (χ0n) is 18.8. The van der Waals surface area contributed by atoms with E-state index >= 15 is 0 Å². The standard InChI is InChI=1S/C28H25O3P.BrH/c1-29-25-22(19-13-7-4-8-14-19)24(28(32)21-17-11-6-12-18-21)23(20-15-9-5-10-16-20)26(30-2)27(25)31-3;/h4-18,32H,1-3H3;1H. The van der Waals surface area contributed by atoms with Gasteiger partial charge in [-0.15, -0.1) is 0 Å². The minimum absolute atomic E-state index is 0. The van der Waals surface area contributed by atoms with E-state index in [9.17, 15) is 0 Å². The van der Waals surface area contributed by atoms with Crippen molar-refractivity contribution in [3.05, 3.63) is 102 Å². The minimum atomic E-state index is 0. The van der Waals surface area contributed by atoms with Crippen molar-refractivity contribution in [3.8, 4) is 39.5 Å². The molecule has 0 N–H and O–H groups in total. The van der Waals surface area contributed by atoms with E-state index < -0.39 is 0 Å². The molecule has 0 heterocycles. The summed E-state index contributed by atoms with van der Waals surface area (Å²) in [7, 11) is 7.92. The van der Waals surface area contributed by atoms with Crippen LogP contribution in [-0.4, -0.2) is 26.6 Å². The molecule has 0 aliphatic rings. The van der Waals surface area contributed by atoms with Crippen LogP contribution in [0.15, 0.2) is 91.0 Å². The molecule has 33 heavy (non-hydrogen) atoms. The monoisotopic (exact) mass is 520 g/mol. The summed E-state index contributed by atoms with van der Waals surface area (Å²) in [5.41, 5.74) is 6.10. The van der Waals surface area contributed by atoms with E-state index in [2.05, 4.69) is 45.3 Å². The zero-order chi connectivity index (χ0) is 22.5. The third-order valence-corrected chi connectivity index (χ3v) is 6.08. The molecule has 0 amide bonds. The van der Waals surface area contributed by atoms with Crippen LogP contribution in [0.1, 0.15) is 11.1 Å². The van der Waals surface area contributed by atoms with Gasteiger partial charge in [-0.25, -0.2) is 0 Å². The first-order valence-electron chi connectivity index (χ1n) is 10.4. The van der Waals surface area contributed by atoms with E-state index in [1.807, 2.05) is 54.6 Å². The summed E-state index contributed by atoms with van der Waals surface area (Å²) in [6.07, 6.45) is 0. The number of halogens is 1. The quantitative estimate of drug-likeness (QED) is 0.349. The molecule has 0 aliphatic heterocycles. The predicted octanol–water partition coefficient (Wildman–Crippen LogP) is 3.49. The molecule has 3 nitrogen and oxygen atoms in total. The van der Waals surface area contributed by atoms with E-state index in [4.69, 9.17) is 14.2 Å². The molecule has 4 aromatic rings. The summed E-state index contributed by atoms with van der Waals surface area (Å²) in [6.45, 7) is 0. The maximum atomic E-state index is 5.95. The SMILES string of the molecule is COc1c(OC)c(-c2ccccc2)c(C(=[PH2+])c2ccccc2)c(-c2ccccc2)c1OC.[Br-]. The van der Waals surface area contributed by atoms with Crippen molar-refractivity contribution in [1.29, 1.82) is 0 Å². The van der Waals surface area contributed by atoms with Gasteiger partial charge in [0.25, 0.3) is 0 Å². The Morgan fingerprint density at radius 2 is 0.909 bits per heavy atom. The molecule has 0 saturated carbocycles. The van der Waals surface area contributed by atoms with E-state index in [1.54, 1.807) is 21.3 Å². The Bertz CT molecular complexity index is 1160. The number of hydrogen-bond donors (Lipinski definition) is 0. The van der Waals surface area contributed by atoms with Gasteiger partial charge in [0.2, 0.25) is 5.75 Å². The molecule has 4 rings (SSSR count). The first-order valence-corrected chi connectivity index (χ1v) is 10.9. The fourth-order valence-corrected chi connectivity index (χ4v) is 4.53. The molecular weight excluding hydrogens is 495 g/mol. The summed E-state index contributed by atoms with van der Waals surface area (Å²) in [6, 6.07) is 30.8. The lowest BCUT2D eigenvalue weighted by molar-refractivity contribution is -0.00000683. The van der Waals surface area contributed by atoms with Gasteiger partial charge in [-0.05, 0) is 11.1 Å². The van der Waals surface area contributed by atoms with Crippen LogP contribution in [0.3, 0.4) is 0 Å². The lowest BCUT2D eigenvalue weighted by Crippen LogP contribution is -3.00. The fraction of sp³-hybridized carbons (Fsp3) is 0.107. The zero-order valence-corrected chi connectivity index (χ0v) is 21.6. The van der Waals surface area contributed by atoms with Crippen molar-refractivity contribution in [1.82, 2.24) is 0 Å². The Morgan fingerprint density at radius 1 is 0.545 bits per heavy atom. The van der Waals surface area contributed by atoms with Crippen molar-refractivity contribution >= 4 is 14.2 Å². The molecule has 168 valence electrons. The van der Waals surface area contributed by atoms with Crippen LogP contribution in [-0.2, 0) is 0 Å². The highest BCUT2D eigenvalue weighted by Gasteiger charge is 2.31. The summed E-state index contributed by atoms with van der Waals surface area (Å²) in [4.78, 5) is 0. The Balaban J connectivity index is 0.00000306. The molecule has 0 radical (unpaired) electrons. The summed E-state index contributed by atoms with van der Waals surface area (Å²) in [5, 5.41) is 1.04. The van der Waals surface area contributed by atoms with Crippen LogP contribution < -0.4 is 31.2 Å². The average Bonchev–Trinajstić information content (AvgIpc) is 2.87. The fourth-order valence-electron chi connectivity index (χ4n) is 4.05. The number of hydrogen-bond acceptors (Lipinski definition) is 3. The summed E-state index contributed by atoms with van der Waals surface area (Å²) in [5.74, 6) is 1.85. The molecule has 0 spiro atoms. The largest absolute Gasteiger partial charge is 1.00 e. The molecule has 0 bridgehead atoms. The van der Waals surface area contributed by atoms with E-state index in [0.717, 1.165) is 38.7 Å². The summed E-state index contributed by atoms with van der Waals surface area (Å²) >= 11 is 0. The highest BCUT2D eigenvalue weighted by molar-refractivity contribution is 7.23. The normalized spacial score (nSPS) is 10.2. The first kappa shape index (κ1) is 24.6. The Labute approximate surface area is 208 Å². The van der Waals surface area contributed by atoms with Crippen LogP contribution in [0.5, 0.6) is 17.2 Å². The molecule has 0 aromatic heterocycles. The van der Waals surface area contributed by atoms with Crippen molar-refractivity contribution in [2.24, 2.45) is 0 Å². The van der Waals surface area contributed by atoms with Gasteiger partial charge in [-0.3, -0.25) is 0 Å². The third-order valence-electron chi connectivity index (χ3n) is 5.46. The molecule has 5 heteroatoms. The number of rotatable bonds is 7. The van der Waals surface area contributed by atoms with Gasteiger partial charge in [0, 0.05) is 22.3 Å². The van der Waals surface area contributed by atoms with Crippen LogP contribution in [0.25, 0.3) is 22.3 Å². The molecule has 1 atom stereocenters. The van der Waals surface area contributed by atoms with Crippen molar-refractivity contribution in [2.45, 2.75) is 0 Å². The number of ether oxygens (including phenoxy) is 3. The average molecular weight is 521 g/mol. The van der Waals surface area contributed by atoms with Crippen LogP contribution >= 0.6 is 8.86 Å². The maximum absolute atomic E-state index is 5.95. The van der Waals surface area contributed by atoms with Gasteiger partial charge >= 0.3 is 0 Å². The second-order valence-electron chi connectivity index (χ2n) is 7.24. The van der Waals surface area contributed by atoms with Crippen LogP contribution in [0.4, 0.5) is 0 Å². The Hall–Kier alpha value is -3.07. The van der Waals surface area contributed by atoms with E-state index in [1.165, 1.54) is 0 Å². The molecule has 0 fully saturated rings. The lowest BCUT2D eigenvalue weighted by atomic mass is 9.86. The molecule has 0 saturated heterocycles. The van der Waals surface area contributed by atoms with Crippen molar-refractivity contribution in [3.63, 3.8) is 0 Å². The van der Waals surface area contributed by atoms with Gasteiger partial charge in [0.1, 0.15) is 0 Å². The predicted molar refractivity (Wildman–Crippen MR) is 136 cm³/mol. The van der Waals surface area contributed by atoms with Crippen LogP contribution in [0, 0.1) is 0 Å². The van der Waals surface area contributed by atoms with Gasteiger partial charge in [-0.1, -0.05) is 91.0 Å². The molecule has 0 aliphatic carbocycles.